The van der Waals surface area contributed by atoms with Crippen molar-refractivity contribution in [3.05, 3.63) is 23.9 Å². The molecule has 1 aromatic rings. The third-order valence-electron chi connectivity index (χ3n) is 2.46. The molecule has 16 heavy (non-hydrogen) atoms. The molecule has 1 heterocycles. The van der Waals surface area contributed by atoms with Crippen LogP contribution in [0.5, 0.6) is 5.88 Å². The summed E-state index contributed by atoms with van der Waals surface area (Å²) in [5.41, 5.74) is 6.86. The molecule has 3 heteroatoms. The highest BCUT2D eigenvalue weighted by Gasteiger charge is 2.02. The minimum atomic E-state index is 0.0287. The highest BCUT2D eigenvalue weighted by Crippen LogP contribution is 2.15. The van der Waals surface area contributed by atoms with Crippen LogP contribution in [0.25, 0.3) is 0 Å². The van der Waals surface area contributed by atoms with E-state index in [9.17, 15) is 0 Å². The number of nitrogens with zero attached hydrogens (tertiary/aromatic N) is 1. The summed E-state index contributed by atoms with van der Waals surface area (Å²) >= 11 is 0. The fourth-order valence-electron chi connectivity index (χ4n) is 1.46. The normalized spacial score (nSPS) is 12.8. The summed E-state index contributed by atoms with van der Waals surface area (Å²) in [6.07, 6.45) is 4.01. The maximum absolute atomic E-state index is 5.79. The van der Waals surface area contributed by atoms with Crippen molar-refractivity contribution in [1.29, 1.82) is 0 Å². The number of nitrogens with two attached hydrogens (primary N) is 1. The van der Waals surface area contributed by atoms with Crippen molar-refractivity contribution in [3.8, 4) is 5.88 Å². The molecule has 90 valence electrons. The van der Waals surface area contributed by atoms with Gasteiger partial charge in [-0.2, -0.15) is 0 Å². The Morgan fingerprint density at radius 3 is 2.75 bits per heavy atom. The van der Waals surface area contributed by atoms with Gasteiger partial charge in [0.15, 0.2) is 0 Å². The molecule has 1 rings (SSSR count). The lowest BCUT2D eigenvalue weighted by atomic mass is 10.1. The molecule has 0 aromatic carbocycles. The standard InChI is InChI=1S/C13H22N2O/c1-10(2)5-4-8-16-13-9-12(11(3)14)6-7-15-13/h6-7,9-11H,4-5,8,14H2,1-3H3. The highest BCUT2D eigenvalue weighted by molar-refractivity contribution is 5.22. The molecule has 1 unspecified atom stereocenters. The van der Waals surface area contributed by atoms with Gasteiger partial charge in [-0.1, -0.05) is 13.8 Å². The van der Waals surface area contributed by atoms with Gasteiger partial charge in [-0.05, 0) is 37.3 Å². The SMILES string of the molecule is CC(C)CCCOc1cc(C(C)N)ccn1. The first-order chi connectivity index (χ1) is 7.59. The number of rotatable bonds is 6. The average Bonchev–Trinajstić information content (AvgIpc) is 2.24. The molecule has 0 fully saturated rings. The smallest absolute Gasteiger partial charge is 0.213 e. The van der Waals surface area contributed by atoms with Crippen LogP contribution in [0.3, 0.4) is 0 Å². The van der Waals surface area contributed by atoms with E-state index in [0.717, 1.165) is 24.5 Å². The van der Waals surface area contributed by atoms with Crippen LogP contribution in [0.4, 0.5) is 0 Å². The molecular weight excluding hydrogens is 200 g/mol. The van der Waals surface area contributed by atoms with Crippen LogP contribution in [0, 0.1) is 5.92 Å². The summed E-state index contributed by atoms with van der Waals surface area (Å²) in [7, 11) is 0. The van der Waals surface area contributed by atoms with Gasteiger partial charge in [-0.3, -0.25) is 0 Å². The van der Waals surface area contributed by atoms with Crippen molar-refractivity contribution >= 4 is 0 Å². The molecule has 0 bridgehead atoms. The second kappa shape index (κ2) is 6.48. The average molecular weight is 222 g/mol. The fraction of sp³-hybridized carbons (Fsp3) is 0.615. The Labute approximate surface area is 98.0 Å². The van der Waals surface area contributed by atoms with Gasteiger partial charge in [0.05, 0.1) is 6.61 Å². The van der Waals surface area contributed by atoms with Crippen LogP contribution in [-0.2, 0) is 0 Å². The molecule has 3 nitrogen and oxygen atoms in total. The first kappa shape index (κ1) is 13.0. The first-order valence-electron chi connectivity index (χ1n) is 5.94. The van der Waals surface area contributed by atoms with Crippen molar-refractivity contribution in [2.45, 2.75) is 39.7 Å². The van der Waals surface area contributed by atoms with Crippen LogP contribution in [0.1, 0.15) is 45.2 Å². The monoisotopic (exact) mass is 222 g/mol. The number of hydrogen-bond donors (Lipinski definition) is 1. The Bertz CT molecular complexity index is 311. The van der Waals surface area contributed by atoms with Crippen LogP contribution in [-0.4, -0.2) is 11.6 Å². The van der Waals surface area contributed by atoms with Gasteiger partial charge in [-0.15, -0.1) is 0 Å². The third-order valence-corrected chi connectivity index (χ3v) is 2.46. The van der Waals surface area contributed by atoms with Crippen LogP contribution in [0.2, 0.25) is 0 Å². The minimum absolute atomic E-state index is 0.0287. The number of ether oxygens (including phenoxy) is 1. The van der Waals surface area contributed by atoms with E-state index in [0.29, 0.717) is 5.88 Å². The zero-order valence-corrected chi connectivity index (χ0v) is 10.4. The lowest BCUT2D eigenvalue weighted by Gasteiger charge is -2.09. The molecule has 0 spiro atoms. The summed E-state index contributed by atoms with van der Waals surface area (Å²) in [4.78, 5) is 4.16. The van der Waals surface area contributed by atoms with Crippen molar-refractivity contribution in [1.82, 2.24) is 4.98 Å². The Morgan fingerprint density at radius 1 is 1.38 bits per heavy atom. The summed E-state index contributed by atoms with van der Waals surface area (Å²) in [5.74, 6) is 1.41. The van der Waals surface area contributed by atoms with E-state index in [1.165, 1.54) is 6.42 Å². The molecular formula is C13H22N2O. The van der Waals surface area contributed by atoms with Crippen LogP contribution >= 0.6 is 0 Å². The molecule has 0 saturated carbocycles. The molecule has 0 aliphatic carbocycles. The topological polar surface area (TPSA) is 48.1 Å². The Morgan fingerprint density at radius 2 is 2.12 bits per heavy atom. The van der Waals surface area contributed by atoms with E-state index in [1.54, 1.807) is 6.20 Å². The largest absolute Gasteiger partial charge is 0.478 e. The lowest BCUT2D eigenvalue weighted by Crippen LogP contribution is -2.06. The Kier molecular flexibility index (Phi) is 5.26. The van der Waals surface area contributed by atoms with Gasteiger partial charge in [0, 0.05) is 18.3 Å². The maximum atomic E-state index is 5.79. The van der Waals surface area contributed by atoms with Gasteiger partial charge < -0.3 is 10.5 Å². The van der Waals surface area contributed by atoms with Crippen LogP contribution < -0.4 is 10.5 Å². The van der Waals surface area contributed by atoms with Crippen molar-refractivity contribution < 1.29 is 4.74 Å². The summed E-state index contributed by atoms with van der Waals surface area (Å²) in [5, 5.41) is 0. The van der Waals surface area contributed by atoms with Crippen molar-refractivity contribution in [2.24, 2.45) is 11.7 Å². The molecule has 1 atom stereocenters. The number of hydrogen-bond acceptors (Lipinski definition) is 3. The molecule has 0 saturated heterocycles. The Balaban J connectivity index is 2.39. The van der Waals surface area contributed by atoms with Crippen LogP contribution in [0.15, 0.2) is 18.3 Å². The second-order valence-corrected chi connectivity index (χ2v) is 4.60. The molecule has 2 N–H and O–H groups in total. The highest BCUT2D eigenvalue weighted by atomic mass is 16.5. The predicted molar refractivity (Wildman–Crippen MR) is 66.4 cm³/mol. The third kappa shape index (κ3) is 4.62. The van der Waals surface area contributed by atoms with E-state index in [4.69, 9.17) is 10.5 Å². The van der Waals surface area contributed by atoms with E-state index in [2.05, 4.69) is 18.8 Å². The van der Waals surface area contributed by atoms with Crippen molar-refractivity contribution in [2.75, 3.05) is 6.61 Å². The molecule has 0 radical (unpaired) electrons. The lowest BCUT2D eigenvalue weighted by molar-refractivity contribution is 0.287. The zero-order chi connectivity index (χ0) is 12.0. The molecule has 0 amide bonds. The first-order valence-corrected chi connectivity index (χ1v) is 5.94. The molecule has 1 aromatic heterocycles. The van der Waals surface area contributed by atoms with E-state index >= 15 is 0 Å². The predicted octanol–water partition coefficient (Wildman–Crippen LogP) is 2.92. The number of pyridine rings is 1. The summed E-state index contributed by atoms with van der Waals surface area (Å²) in [6.45, 7) is 7.12. The summed E-state index contributed by atoms with van der Waals surface area (Å²) in [6, 6.07) is 3.87. The molecule has 0 aliphatic rings. The zero-order valence-electron chi connectivity index (χ0n) is 10.4. The second-order valence-electron chi connectivity index (χ2n) is 4.60. The molecule has 0 aliphatic heterocycles. The van der Waals surface area contributed by atoms with Gasteiger partial charge in [-0.25, -0.2) is 4.98 Å². The van der Waals surface area contributed by atoms with E-state index < -0.39 is 0 Å². The van der Waals surface area contributed by atoms with Gasteiger partial charge in [0.1, 0.15) is 0 Å². The van der Waals surface area contributed by atoms with Gasteiger partial charge >= 0.3 is 0 Å². The Hall–Kier alpha value is -1.09. The van der Waals surface area contributed by atoms with E-state index in [1.807, 2.05) is 19.1 Å². The van der Waals surface area contributed by atoms with Gasteiger partial charge in [0.25, 0.3) is 0 Å². The number of aromatic nitrogens is 1. The minimum Gasteiger partial charge on any atom is -0.478 e. The van der Waals surface area contributed by atoms with Gasteiger partial charge in [0.2, 0.25) is 5.88 Å². The fourth-order valence-corrected chi connectivity index (χ4v) is 1.46. The summed E-state index contributed by atoms with van der Waals surface area (Å²) < 4.78 is 5.58. The maximum Gasteiger partial charge on any atom is 0.213 e. The quantitative estimate of drug-likeness (QED) is 0.753. The van der Waals surface area contributed by atoms with Crippen molar-refractivity contribution in [3.63, 3.8) is 0 Å². The van der Waals surface area contributed by atoms with E-state index in [-0.39, 0.29) is 6.04 Å².